The average Bonchev–Trinajstić information content (AvgIpc) is 3.04. The van der Waals surface area contributed by atoms with Gasteiger partial charge in [-0.2, -0.15) is 0 Å². The van der Waals surface area contributed by atoms with Crippen molar-refractivity contribution in [3.8, 4) is 39.9 Å². The summed E-state index contributed by atoms with van der Waals surface area (Å²) >= 11 is 1.29. The number of methoxy groups -OCH3 is 3. The molecule has 1 amide bonds. The van der Waals surface area contributed by atoms with Crippen molar-refractivity contribution < 1.29 is 23.7 Å². The van der Waals surface area contributed by atoms with Gasteiger partial charge < -0.3 is 18.9 Å². The highest BCUT2D eigenvalue weighted by molar-refractivity contribution is 7.98. The first kappa shape index (κ1) is 28.6. The van der Waals surface area contributed by atoms with Gasteiger partial charge in [0.15, 0.2) is 11.5 Å². The first-order valence-electron chi connectivity index (χ1n) is 13.4. The third-order valence-corrected chi connectivity index (χ3v) is 7.47. The molecule has 0 aliphatic carbocycles. The van der Waals surface area contributed by atoms with Crippen LogP contribution >= 0.6 is 11.9 Å². The average molecular weight is 578 g/mol. The van der Waals surface area contributed by atoms with Gasteiger partial charge in [-0.05, 0) is 83.2 Å². The maximum atomic E-state index is 12.8. The summed E-state index contributed by atoms with van der Waals surface area (Å²) in [6.45, 7) is 0. The molecule has 0 radical (unpaired) electrons. The van der Waals surface area contributed by atoms with E-state index in [9.17, 15) is 4.79 Å². The quantitative estimate of drug-likeness (QED) is 0.160. The Morgan fingerprint density at radius 2 is 1.26 bits per heavy atom. The number of carbonyl (C=O) groups excluding carboxylic acids is 1. The SMILES string of the molecule is COc1ccc(Cc2ccc(C(=O)NSc3ccc(-c4ccc(Oc5ccccc5)cc4)cc3)cc2)c(OC)c1OC. The second-order valence-electron chi connectivity index (χ2n) is 9.36. The van der Waals surface area contributed by atoms with Crippen molar-refractivity contribution >= 4 is 17.9 Å². The van der Waals surface area contributed by atoms with Crippen LogP contribution in [0.5, 0.6) is 28.7 Å². The first-order valence-corrected chi connectivity index (χ1v) is 14.2. The van der Waals surface area contributed by atoms with Crippen molar-refractivity contribution in [3.05, 3.63) is 132 Å². The van der Waals surface area contributed by atoms with Gasteiger partial charge in [-0.3, -0.25) is 9.52 Å². The van der Waals surface area contributed by atoms with Crippen LogP contribution in [0.1, 0.15) is 21.5 Å². The molecule has 0 aliphatic rings. The lowest BCUT2D eigenvalue weighted by Crippen LogP contribution is -2.15. The van der Waals surface area contributed by atoms with E-state index >= 15 is 0 Å². The zero-order valence-electron chi connectivity index (χ0n) is 23.6. The third kappa shape index (κ3) is 6.87. The Kier molecular flexibility index (Phi) is 9.31. The Morgan fingerprint density at radius 3 is 1.88 bits per heavy atom. The van der Waals surface area contributed by atoms with Gasteiger partial charge in [-0.1, -0.05) is 60.7 Å². The normalized spacial score (nSPS) is 10.5. The lowest BCUT2D eigenvalue weighted by molar-refractivity contribution is 0.0984. The summed E-state index contributed by atoms with van der Waals surface area (Å²) in [6.07, 6.45) is 0.620. The molecule has 7 heteroatoms. The molecule has 0 heterocycles. The molecule has 5 aromatic rings. The summed E-state index contributed by atoms with van der Waals surface area (Å²) in [5.41, 5.74) is 4.75. The number of hydrogen-bond donors (Lipinski definition) is 1. The molecule has 0 unspecified atom stereocenters. The van der Waals surface area contributed by atoms with Crippen LogP contribution in [0.15, 0.2) is 120 Å². The van der Waals surface area contributed by atoms with Crippen LogP contribution in [0.25, 0.3) is 11.1 Å². The summed E-state index contributed by atoms with van der Waals surface area (Å²) in [5, 5.41) is 0. The molecule has 0 spiro atoms. The van der Waals surface area contributed by atoms with E-state index in [1.807, 2.05) is 115 Å². The van der Waals surface area contributed by atoms with Crippen molar-refractivity contribution in [1.29, 1.82) is 0 Å². The summed E-state index contributed by atoms with van der Waals surface area (Å²) in [7, 11) is 4.79. The van der Waals surface area contributed by atoms with E-state index < -0.39 is 0 Å². The van der Waals surface area contributed by atoms with Crippen LogP contribution in [-0.2, 0) is 6.42 Å². The van der Waals surface area contributed by atoms with Gasteiger partial charge in [0, 0.05) is 22.4 Å². The summed E-state index contributed by atoms with van der Waals surface area (Å²) < 4.78 is 25.3. The molecular weight excluding hydrogens is 546 g/mol. The van der Waals surface area contributed by atoms with Gasteiger partial charge in [0.05, 0.1) is 21.3 Å². The Morgan fingerprint density at radius 1 is 0.643 bits per heavy atom. The fourth-order valence-electron chi connectivity index (χ4n) is 4.52. The Bertz CT molecular complexity index is 1620. The number of nitrogens with one attached hydrogen (secondary N) is 1. The molecule has 42 heavy (non-hydrogen) atoms. The van der Waals surface area contributed by atoms with Gasteiger partial charge in [0.2, 0.25) is 5.75 Å². The molecule has 212 valence electrons. The van der Waals surface area contributed by atoms with Gasteiger partial charge in [-0.15, -0.1) is 0 Å². The van der Waals surface area contributed by atoms with E-state index in [0.717, 1.165) is 38.6 Å². The molecule has 1 N–H and O–H groups in total. The minimum atomic E-state index is -0.159. The maximum Gasteiger partial charge on any atom is 0.261 e. The number of hydrogen-bond acceptors (Lipinski definition) is 6. The molecule has 0 fully saturated rings. The number of benzene rings is 5. The van der Waals surface area contributed by atoms with Crippen LogP contribution in [0, 0.1) is 0 Å². The lowest BCUT2D eigenvalue weighted by Gasteiger charge is -2.16. The van der Waals surface area contributed by atoms with Crippen molar-refractivity contribution in [1.82, 2.24) is 4.72 Å². The minimum Gasteiger partial charge on any atom is -0.493 e. The highest BCUT2D eigenvalue weighted by atomic mass is 32.2. The Labute approximate surface area is 250 Å². The van der Waals surface area contributed by atoms with E-state index in [4.69, 9.17) is 18.9 Å². The summed E-state index contributed by atoms with van der Waals surface area (Å²) in [4.78, 5) is 13.7. The predicted octanol–water partition coefficient (Wildman–Crippen LogP) is 8.20. The van der Waals surface area contributed by atoms with Gasteiger partial charge in [0.1, 0.15) is 11.5 Å². The zero-order chi connectivity index (χ0) is 29.3. The largest absolute Gasteiger partial charge is 0.493 e. The summed E-state index contributed by atoms with van der Waals surface area (Å²) in [6, 6.07) is 37.1. The van der Waals surface area contributed by atoms with Crippen molar-refractivity contribution in [2.75, 3.05) is 21.3 Å². The van der Waals surface area contributed by atoms with Gasteiger partial charge >= 0.3 is 0 Å². The van der Waals surface area contributed by atoms with E-state index in [0.29, 0.717) is 29.2 Å². The fourth-order valence-corrected chi connectivity index (χ4v) is 5.12. The molecule has 0 saturated carbocycles. The monoisotopic (exact) mass is 577 g/mol. The van der Waals surface area contributed by atoms with Crippen LogP contribution < -0.4 is 23.7 Å². The molecule has 5 aromatic carbocycles. The smallest absolute Gasteiger partial charge is 0.261 e. The Balaban J connectivity index is 1.16. The molecule has 6 nitrogen and oxygen atoms in total. The number of para-hydroxylation sites is 1. The van der Waals surface area contributed by atoms with Crippen molar-refractivity contribution in [3.63, 3.8) is 0 Å². The predicted molar refractivity (Wildman–Crippen MR) is 167 cm³/mol. The molecule has 0 bridgehead atoms. The van der Waals surface area contributed by atoms with Gasteiger partial charge in [0.25, 0.3) is 5.91 Å². The number of rotatable bonds is 11. The third-order valence-electron chi connectivity index (χ3n) is 6.68. The van der Waals surface area contributed by atoms with Gasteiger partial charge in [-0.25, -0.2) is 0 Å². The molecule has 0 aromatic heterocycles. The second-order valence-corrected chi connectivity index (χ2v) is 10.2. The van der Waals surface area contributed by atoms with Crippen molar-refractivity contribution in [2.24, 2.45) is 0 Å². The number of carbonyl (C=O) groups is 1. The van der Waals surface area contributed by atoms with E-state index in [-0.39, 0.29) is 5.91 Å². The second kappa shape index (κ2) is 13.7. The summed E-state index contributed by atoms with van der Waals surface area (Å²) in [5.74, 6) is 3.24. The Hall–Kier alpha value is -4.88. The fraction of sp³-hybridized carbons (Fsp3) is 0.114. The first-order chi connectivity index (χ1) is 20.6. The number of ether oxygens (including phenoxy) is 4. The van der Waals surface area contributed by atoms with Crippen LogP contribution in [0.2, 0.25) is 0 Å². The zero-order valence-corrected chi connectivity index (χ0v) is 24.4. The minimum absolute atomic E-state index is 0.159. The van der Waals surface area contributed by atoms with Crippen LogP contribution in [0.4, 0.5) is 0 Å². The highest BCUT2D eigenvalue weighted by Gasteiger charge is 2.16. The van der Waals surface area contributed by atoms with E-state index in [1.54, 1.807) is 21.3 Å². The highest BCUT2D eigenvalue weighted by Crippen LogP contribution is 2.40. The van der Waals surface area contributed by atoms with Crippen LogP contribution in [-0.4, -0.2) is 27.2 Å². The van der Waals surface area contributed by atoms with E-state index in [1.165, 1.54) is 11.9 Å². The standard InChI is InChI=1S/C35H31NO5S/c1-38-32-22-17-28(33(39-2)34(32)40-3)23-24-9-11-27(12-10-24)35(37)36-42-31-20-15-26(16-21-31)25-13-18-30(19-14-25)41-29-7-5-4-6-8-29/h4-22H,23H2,1-3H3,(H,36,37). The maximum absolute atomic E-state index is 12.8. The molecule has 0 atom stereocenters. The molecule has 0 saturated heterocycles. The lowest BCUT2D eigenvalue weighted by atomic mass is 10.0. The van der Waals surface area contributed by atoms with Crippen LogP contribution in [0.3, 0.4) is 0 Å². The molecule has 5 rings (SSSR count). The van der Waals surface area contributed by atoms with E-state index in [2.05, 4.69) is 4.72 Å². The molecular formula is C35H31NO5S. The van der Waals surface area contributed by atoms with Crippen molar-refractivity contribution in [2.45, 2.75) is 11.3 Å². The molecule has 0 aliphatic heterocycles. The topological polar surface area (TPSA) is 66.0 Å². The number of amides is 1.